The lowest BCUT2D eigenvalue weighted by atomic mass is 10.0. The highest BCUT2D eigenvalue weighted by molar-refractivity contribution is 5.85. The standard InChI is InChI=1S/C14H23N3O.2ClH/c1-3-17(4-2)13(14(18)16-11-10-15)12-8-6-5-7-9-12;;/h5-9,13H,3-4,10-11,15H2,1-2H3,(H,16,18);2*1H. The van der Waals surface area contributed by atoms with Gasteiger partial charge in [0, 0.05) is 13.1 Å². The van der Waals surface area contributed by atoms with Crippen LogP contribution < -0.4 is 11.1 Å². The first-order valence-electron chi connectivity index (χ1n) is 6.51. The first-order valence-corrected chi connectivity index (χ1v) is 6.51. The van der Waals surface area contributed by atoms with E-state index in [-0.39, 0.29) is 36.8 Å². The van der Waals surface area contributed by atoms with E-state index in [1.54, 1.807) is 0 Å². The maximum absolute atomic E-state index is 12.3. The van der Waals surface area contributed by atoms with Gasteiger partial charge >= 0.3 is 0 Å². The van der Waals surface area contributed by atoms with Crippen molar-refractivity contribution in [2.75, 3.05) is 26.2 Å². The van der Waals surface area contributed by atoms with Crippen LogP contribution in [-0.2, 0) is 4.79 Å². The quantitative estimate of drug-likeness (QED) is 0.807. The Hall–Kier alpha value is -0.810. The first-order chi connectivity index (χ1) is 8.74. The number of nitrogens with one attached hydrogen (secondary N) is 1. The van der Waals surface area contributed by atoms with Crippen LogP contribution in [0, 0.1) is 0 Å². The second-order valence-corrected chi connectivity index (χ2v) is 4.11. The molecule has 1 aromatic rings. The second-order valence-electron chi connectivity index (χ2n) is 4.11. The molecule has 1 unspecified atom stereocenters. The van der Waals surface area contributed by atoms with Crippen molar-refractivity contribution in [1.82, 2.24) is 10.2 Å². The van der Waals surface area contributed by atoms with E-state index in [0.717, 1.165) is 18.7 Å². The lowest BCUT2D eigenvalue weighted by Crippen LogP contribution is -2.42. The molecule has 0 aliphatic rings. The maximum atomic E-state index is 12.3. The number of amides is 1. The monoisotopic (exact) mass is 321 g/mol. The molecule has 0 radical (unpaired) electrons. The predicted octanol–water partition coefficient (Wildman–Crippen LogP) is 1.99. The van der Waals surface area contributed by atoms with Gasteiger partial charge in [0.2, 0.25) is 5.91 Å². The van der Waals surface area contributed by atoms with Crippen molar-refractivity contribution in [2.24, 2.45) is 5.73 Å². The molecule has 1 amide bonds. The van der Waals surface area contributed by atoms with E-state index in [1.165, 1.54) is 0 Å². The molecule has 1 atom stereocenters. The van der Waals surface area contributed by atoms with Gasteiger partial charge in [0.05, 0.1) is 0 Å². The van der Waals surface area contributed by atoms with Crippen molar-refractivity contribution in [2.45, 2.75) is 19.9 Å². The van der Waals surface area contributed by atoms with Crippen molar-refractivity contribution < 1.29 is 4.79 Å². The Morgan fingerprint density at radius 2 is 1.75 bits per heavy atom. The SMILES string of the molecule is CCN(CC)C(C(=O)NCCN)c1ccccc1.Cl.Cl. The Balaban J connectivity index is 0. The van der Waals surface area contributed by atoms with E-state index in [2.05, 4.69) is 24.1 Å². The van der Waals surface area contributed by atoms with Gasteiger partial charge in [-0.3, -0.25) is 9.69 Å². The molecule has 20 heavy (non-hydrogen) atoms. The minimum atomic E-state index is -0.229. The summed E-state index contributed by atoms with van der Waals surface area (Å²) in [5.74, 6) is 0.0235. The zero-order valence-corrected chi connectivity index (χ0v) is 13.7. The maximum Gasteiger partial charge on any atom is 0.242 e. The number of carbonyl (C=O) groups is 1. The molecule has 0 saturated heterocycles. The highest BCUT2D eigenvalue weighted by Gasteiger charge is 2.24. The average Bonchev–Trinajstić information content (AvgIpc) is 2.43. The number of benzene rings is 1. The van der Waals surface area contributed by atoms with Gasteiger partial charge in [0.15, 0.2) is 0 Å². The van der Waals surface area contributed by atoms with Gasteiger partial charge in [-0.2, -0.15) is 0 Å². The van der Waals surface area contributed by atoms with Crippen LogP contribution in [0.25, 0.3) is 0 Å². The summed E-state index contributed by atoms with van der Waals surface area (Å²) in [6.45, 7) is 6.79. The van der Waals surface area contributed by atoms with Gasteiger partial charge in [-0.05, 0) is 18.7 Å². The second kappa shape index (κ2) is 12.0. The normalized spacial score (nSPS) is 11.2. The lowest BCUT2D eigenvalue weighted by molar-refractivity contribution is -0.126. The largest absolute Gasteiger partial charge is 0.353 e. The molecule has 0 aliphatic heterocycles. The van der Waals surface area contributed by atoms with Gasteiger partial charge in [-0.1, -0.05) is 44.2 Å². The number of nitrogens with zero attached hydrogens (tertiary/aromatic N) is 1. The Morgan fingerprint density at radius 3 is 2.20 bits per heavy atom. The first kappa shape index (κ1) is 21.5. The van der Waals surface area contributed by atoms with Crippen LogP contribution in [0.5, 0.6) is 0 Å². The number of hydrogen-bond acceptors (Lipinski definition) is 3. The van der Waals surface area contributed by atoms with E-state index in [1.807, 2.05) is 30.3 Å². The van der Waals surface area contributed by atoms with E-state index in [0.29, 0.717) is 13.1 Å². The van der Waals surface area contributed by atoms with Crippen molar-refractivity contribution in [3.63, 3.8) is 0 Å². The third kappa shape index (κ3) is 6.09. The molecule has 0 saturated carbocycles. The highest BCUT2D eigenvalue weighted by Crippen LogP contribution is 2.20. The van der Waals surface area contributed by atoms with Crippen molar-refractivity contribution >= 4 is 30.7 Å². The molecule has 0 spiro atoms. The van der Waals surface area contributed by atoms with Crippen LogP contribution in [0.4, 0.5) is 0 Å². The summed E-state index contributed by atoms with van der Waals surface area (Å²) in [4.78, 5) is 14.4. The molecule has 0 fully saturated rings. The predicted molar refractivity (Wildman–Crippen MR) is 88.7 cm³/mol. The van der Waals surface area contributed by atoms with E-state index < -0.39 is 0 Å². The number of nitrogens with two attached hydrogens (primary N) is 1. The molecule has 3 N–H and O–H groups in total. The van der Waals surface area contributed by atoms with Crippen LogP contribution in [0.2, 0.25) is 0 Å². The fourth-order valence-electron chi connectivity index (χ4n) is 2.04. The van der Waals surface area contributed by atoms with Gasteiger partial charge in [0.25, 0.3) is 0 Å². The fourth-order valence-corrected chi connectivity index (χ4v) is 2.04. The Kier molecular flexibility index (Phi) is 12.9. The van der Waals surface area contributed by atoms with Crippen LogP contribution in [0.3, 0.4) is 0 Å². The third-order valence-electron chi connectivity index (χ3n) is 2.98. The molecule has 0 aliphatic carbocycles. The number of likely N-dealkylation sites (N-methyl/N-ethyl adjacent to an activating group) is 1. The molecule has 6 heteroatoms. The molecule has 116 valence electrons. The molecule has 0 aromatic heterocycles. The van der Waals surface area contributed by atoms with Crippen LogP contribution in [-0.4, -0.2) is 37.0 Å². The molecular weight excluding hydrogens is 297 g/mol. The Bertz CT molecular complexity index is 359. The van der Waals surface area contributed by atoms with Crippen molar-refractivity contribution in [3.8, 4) is 0 Å². The molecular formula is C14H25Cl2N3O. The molecule has 0 bridgehead atoms. The van der Waals surface area contributed by atoms with Gasteiger partial charge in [-0.25, -0.2) is 0 Å². The lowest BCUT2D eigenvalue weighted by Gasteiger charge is -2.29. The number of hydrogen-bond donors (Lipinski definition) is 2. The molecule has 4 nitrogen and oxygen atoms in total. The smallest absolute Gasteiger partial charge is 0.242 e. The topological polar surface area (TPSA) is 58.4 Å². The Morgan fingerprint density at radius 1 is 1.20 bits per heavy atom. The zero-order chi connectivity index (χ0) is 13.4. The molecule has 1 rings (SSSR count). The summed E-state index contributed by atoms with van der Waals surface area (Å²) in [5.41, 5.74) is 6.45. The number of rotatable bonds is 7. The van der Waals surface area contributed by atoms with E-state index in [4.69, 9.17) is 5.73 Å². The minimum absolute atomic E-state index is 0. The van der Waals surface area contributed by atoms with Gasteiger partial charge < -0.3 is 11.1 Å². The summed E-state index contributed by atoms with van der Waals surface area (Å²) < 4.78 is 0. The highest BCUT2D eigenvalue weighted by atomic mass is 35.5. The van der Waals surface area contributed by atoms with Crippen molar-refractivity contribution in [3.05, 3.63) is 35.9 Å². The summed E-state index contributed by atoms with van der Waals surface area (Å²) in [5, 5.41) is 2.87. The summed E-state index contributed by atoms with van der Waals surface area (Å²) >= 11 is 0. The number of halogens is 2. The van der Waals surface area contributed by atoms with Crippen LogP contribution in [0.15, 0.2) is 30.3 Å². The van der Waals surface area contributed by atoms with Crippen molar-refractivity contribution in [1.29, 1.82) is 0 Å². The third-order valence-corrected chi connectivity index (χ3v) is 2.98. The van der Waals surface area contributed by atoms with Crippen LogP contribution in [0.1, 0.15) is 25.5 Å². The molecule has 1 aromatic carbocycles. The average molecular weight is 322 g/mol. The van der Waals surface area contributed by atoms with Crippen LogP contribution >= 0.6 is 24.8 Å². The fraction of sp³-hybridized carbons (Fsp3) is 0.500. The molecule has 0 heterocycles. The number of carbonyl (C=O) groups excluding carboxylic acids is 1. The van der Waals surface area contributed by atoms with Gasteiger partial charge in [-0.15, -0.1) is 24.8 Å². The summed E-state index contributed by atoms with van der Waals surface area (Å²) in [6.07, 6.45) is 0. The van der Waals surface area contributed by atoms with E-state index >= 15 is 0 Å². The van der Waals surface area contributed by atoms with E-state index in [9.17, 15) is 4.79 Å². The zero-order valence-electron chi connectivity index (χ0n) is 12.0. The Labute approximate surface area is 133 Å². The summed E-state index contributed by atoms with van der Waals surface area (Å²) in [6, 6.07) is 9.63. The minimum Gasteiger partial charge on any atom is -0.353 e. The van der Waals surface area contributed by atoms with Gasteiger partial charge in [0.1, 0.15) is 6.04 Å². The summed E-state index contributed by atoms with van der Waals surface area (Å²) in [7, 11) is 0.